The Labute approximate surface area is 87.9 Å². The second-order valence-electron chi connectivity index (χ2n) is 3.41. The van der Waals surface area contributed by atoms with E-state index in [1.54, 1.807) is 0 Å². The van der Waals surface area contributed by atoms with E-state index in [1.807, 2.05) is 13.8 Å². The number of nitrogens with two attached hydrogens (primary N) is 1. The maximum absolute atomic E-state index is 11.1. The SMILES string of the molecule is CC(C)NCCOc1nc[nH]c(=O)c1N. The molecule has 84 valence electrons. The van der Waals surface area contributed by atoms with E-state index >= 15 is 0 Å². The van der Waals surface area contributed by atoms with Crippen LogP contribution in [-0.2, 0) is 0 Å². The molecule has 1 aromatic rings. The second-order valence-corrected chi connectivity index (χ2v) is 3.41. The molecule has 0 unspecified atom stereocenters. The number of hydrogen-bond donors (Lipinski definition) is 3. The number of anilines is 1. The van der Waals surface area contributed by atoms with Crippen molar-refractivity contribution in [1.29, 1.82) is 0 Å². The summed E-state index contributed by atoms with van der Waals surface area (Å²) < 4.78 is 5.25. The van der Waals surface area contributed by atoms with Crippen LogP contribution in [0.25, 0.3) is 0 Å². The molecule has 6 nitrogen and oxygen atoms in total. The fourth-order valence-corrected chi connectivity index (χ4v) is 1.00. The molecule has 15 heavy (non-hydrogen) atoms. The van der Waals surface area contributed by atoms with E-state index in [0.29, 0.717) is 19.2 Å². The molecule has 1 heterocycles. The lowest BCUT2D eigenvalue weighted by Gasteiger charge is -2.09. The third-order valence-electron chi connectivity index (χ3n) is 1.75. The standard InChI is InChI=1S/C9H16N4O2/c1-6(2)11-3-4-15-9-7(10)8(14)12-5-13-9/h5-6,11H,3-4,10H2,1-2H3,(H,12,13,14). The molecule has 1 rings (SSSR count). The van der Waals surface area contributed by atoms with Gasteiger partial charge in [-0.05, 0) is 0 Å². The van der Waals surface area contributed by atoms with Gasteiger partial charge >= 0.3 is 0 Å². The van der Waals surface area contributed by atoms with Crippen molar-refractivity contribution < 1.29 is 4.74 Å². The molecule has 0 aliphatic carbocycles. The Morgan fingerprint density at radius 3 is 3.07 bits per heavy atom. The third-order valence-corrected chi connectivity index (χ3v) is 1.75. The summed E-state index contributed by atoms with van der Waals surface area (Å²) in [6.45, 7) is 5.20. The van der Waals surface area contributed by atoms with Crippen LogP contribution in [-0.4, -0.2) is 29.2 Å². The van der Waals surface area contributed by atoms with Crippen LogP contribution in [0, 0.1) is 0 Å². The Bertz CT molecular complexity index is 361. The first kappa shape index (κ1) is 11.5. The van der Waals surface area contributed by atoms with Crippen LogP contribution >= 0.6 is 0 Å². The summed E-state index contributed by atoms with van der Waals surface area (Å²) in [6, 6.07) is 0.401. The molecule has 6 heteroatoms. The number of aromatic nitrogens is 2. The van der Waals surface area contributed by atoms with Crippen molar-refractivity contribution in [2.45, 2.75) is 19.9 Å². The molecule has 0 aliphatic heterocycles. The molecule has 4 N–H and O–H groups in total. The Balaban J connectivity index is 2.44. The van der Waals surface area contributed by atoms with Gasteiger partial charge in [-0.15, -0.1) is 0 Å². The molecule has 0 bridgehead atoms. The van der Waals surface area contributed by atoms with Crippen LogP contribution < -0.4 is 21.3 Å². The number of rotatable bonds is 5. The lowest BCUT2D eigenvalue weighted by Crippen LogP contribution is -2.28. The molecule has 0 saturated heterocycles. The minimum absolute atomic E-state index is 0.0158. The van der Waals surface area contributed by atoms with Gasteiger partial charge in [0.1, 0.15) is 6.61 Å². The molecule has 0 aromatic carbocycles. The number of ether oxygens (including phenoxy) is 1. The van der Waals surface area contributed by atoms with E-state index in [9.17, 15) is 4.79 Å². The summed E-state index contributed by atoms with van der Waals surface area (Å²) >= 11 is 0. The Morgan fingerprint density at radius 2 is 2.40 bits per heavy atom. The zero-order valence-electron chi connectivity index (χ0n) is 8.91. The lowest BCUT2D eigenvalue weighted by atomic mass is 10.4. The molecule has 0 atom stereocenters. The summed E-state index contributed by atoms with van der Waals surface area (Å²) in [5.41, 5.74) is 5.11. The minimum atomic E-state index is -0.378. The smallest absolute Gasteiger partial charge is 0.277 e. The normalized spacial score (nSPS) is 10.6. The van der Waals surface area contributed by atoms with Crippen LogP contribution in [0.4, 0.5) is 5.69 Å². The first-order valence-electron chi connectivity index (χ1n) is 4.80. The summed E-state index contributed by atoms with van der Waals surface area (Å²) in [4.78, 5) is 17.3. The number of nitrogens with zero attached hydrogens (tertiary/aromatic N) is 1. The van der Waals surface area contributed by atoms with Crippen LogP contribution in [0.1, 0.15) is 13.8 Å². The predicted octanol–water partition coefficient (Wildman–Crippen LogP) is -0.271. The van der Waals surface area contributed by atoms with Gasteiger partial charge in [0, 0.05) is 12.6 Å². The van der Waals surface area contributed by atoms with Gasteiger partial charge in [-0.3, -0.25) is 4.79 Å². The Hall–Kier alpha value is -1.56. The molecule has 0 radical (unpaired) electrons. The minimum Gasteiger partial charge on any atom is -0.475 e. The third kappa shape index (κ3) is 3.59. The average Bonchev–Trinajstić information content (AvgIpc) is 2.18. The monoisotopic (exact) mass is 212 g/mol. The fraction of sp³-hybridized carbons (Fsp3) is 0.556. The average molecular weight is 212 g/mol. The van der Waals surface area contributed by atoms with E-state index in [-0.39, 0.29) is 17.1 Å². The molecule has 0 aliphatic rings. The zero-order chi connectivity index (χ0) is 11.3. The number of nitrogen functional groups attached to an aromatic ring is 1. The largest absolute Gasteiger partial charge is 0.475 e. The van der Waals surface area contributed by atoms with Gasteiger partial charge in [0.2, 0.25) is 5.88 Å². The first-order valence-corrected chi connectivity index (χ1v) is 4.80. The molecular weight excluding hydrogens is 196 g/mol. The highest BCUT2D eigenvalue weighted by Crippen LogP contribution is 2.09. The molecule has 0 fully saturated rings. The van der Waals surface area contributed by atoms with Crippen LogP contribution in [0.5, 0.6) is 5.88 Å². The Morgan fingerprint density at radius 1 is 1.67 bits per heavy atom. The summed E-state index contributed by atoms with van der Waals surface area (Å²) in [6.07, 6.45) is 1.27. The molecule has 0 spiro atoms. The highest BCUT2D eigenvalue weighted by molar-refractivity contribution is 5.44. The lowest BCUT2D eigenvalue weighted by molar-refractivity contribution is 0.298. The van der Waals surface area contributed by atoms with Crippen LogP contribution in [0.3, 0.4) is 0 Å². The van der Waals surface area contributed by atoms with Crippen molar-refractivity contribution in [3.8, 4) is 5.88 Å². The zero-order valence-corrected chi connectivity index (χ0v) is 8.91. The summed E-state index contributed by atoms with van der Waals surface area (Å²) in [5.74, 6) is 0.185. The van der Waals surface area contributed by atoms with Crippen molar-refractivity contribution in [2.24, 2.45) is 0 Å². The van der Waals surface area contributed by atoms with E-state index in [1.165, 1.54) is 6.33 Å². The van der Waals surface area contributed by atoms with Gasteiger partial charge in [-0.2, -0.15) is 0 Å². The summed E-state index contributed by atoms with van der Waals surface area (Å²) in [5, 5.41) is 3.17. The fourth-order valence-electron chi connectivity index (χ4n) is 1.00. The highest BCUT2D eigenvalue weighted by atomic mass is 16.5. The maximum atomic E-state index is 11.1. The number of aromatic amines is 1. The maximum Gasteiger partial charge on any atom is 0.277 e. The first-order chi connectivity index (χ1) is 7.11. The van der Waals surface area contributed by atoms with Crippen LogP contribution in [0.2, 0.25) is 0 Å². The second kappa shape index (κ2) is 5.35. The van der Waals surface area contributed by atoms with E-state index in [0.717, 1.165) is 0 Å². The van der Waals surface area contributed by atoms with Crippen LogP contribution in [0.15, 0.2) is 11.1 Å². The highest BCUT2D eigenvalue weighted by Gasteiger charge is 2.04. The quantitative estimate of drug-likeness (QED) is 0.584. The van der Waals surface area contributed by atoms with Crippen molar-refractivity contribution in [3.63, 3.8) is 0 Å². The molecule has 0 amide bonds. The van der Waals surface area contributed by atoms with Gasteiger partial charge in [0.05, 0.1) is 6.33 Å². The number of hydrogen-bond acceptors (Lipinski definition) is 5. The van der Waals surface area contributed by atoms with Gasteiger partial charge in [-0.25, -0.2) is 4.98 Å². The van der Waals surface area contributed by atoms with Crippen molar-refractivity contribution >= 4 is 5.69 Å². The van der Waals surface area contributed by atoms with Crippen molar-refractivity contribution in [1.82, 2.24) is 15.3 Å². The van der Waals surface area contributed by atoms with E-state index in [2.05, 4.69) is 15.3 Å². The van der Waals surface area contributed by atoms with Crippen molar-refractivity contribution in [3.05, 3.63) is 16.7 Å². The summed E-state index contributed by atoms with van der Waals surface area (Å²) in [7, 11) is 0. The van der Waals surface area contributed by atoms with Gasteiger partial charge < -0.3 is 20.8 Å². The number of nitrogens with one attached hydrogen (secondary N) is 2. The van der Waals surface area contributed by atoms with E-state index < -0.39 is 0 Å². The molecule has 0 saturated carbocycles. The van der Waals surface area contributed by atoms with Gasteiger partial charge in [-0.1, -0.05) is 13.8 Å². The van der Waals surface area contributed by atoms with Crippen molar-refractivity contribution in [2.75, 3.05) is 18.9 Å². The van der Waals surface area contributed by atoms with E-state index in [4.69, 9.17) is 10.5 Å². The Kier molecular flexibility index (Phi) is 4.11. The molecular formula is C9H16N4O2. The number of H-pyrrole nitrogens is 1. The van der Waals surface area contributed by atoms with Gasteiger partial charge in [0.15, 0.2) is 5.69 Å². The predicted molar refractivity (Wildman–Crippen MR) is 57.9 cm³/mol. The van der Waals surface area contributed by atoms with Gasteiger partial charge in [0.25, 0.3) is 5.56 Å². The molecule has 1 aromatic heterocycles. The topological polar surface area (TPSA) is 93.0 Å².